The van der Waals surface area contributed by atoms with Crippen LogP contribution in [0, 0.1) is 5.92 Å². The van der Waals surface area contributed by atoms with Crippen molar-refractivity contribution in [1.82, 2.24) is 0 Å². The van der Waals surface area contributed by atoms with Gasteiger partial charge in [-0.05, 0) is 43.1 Å². The van der Waals surface area contributed by atoms with Crippen molar-refractivity contribution < 1.29 is 5.11 Å². The first-order valence-electron chi connectivity index (χ1n) is 8.23. The molecule has 0 unspecified atom stereocenters. The van der Waals surface area contributed by atoms with Gasteiger partial charge in [-0.15, -0.1) is 0 Å². The fraction of sp³-hybridized carbons (Fsp3) is 0.526. The molecule has 0 N–H and O–H groups in total. The molecule has 0 saturated heterocycles. The summed E-state index contributed by atoms with van der Waals surface area (Å²) in [6, 6.07) is 10.7. The van der Waals surface area contributed by atoms with Crippen LogP contribution in [0.1, 0.15) is 56.9 Å². The molecule has 0 aliphatic heterocycles. The Bertz CT molecular complexity index is 464. The van der Waals surface area contributed by atoms with Gasteiger partial charge in [-0.25, -0.2) is 0 Å². The smallest absolute Gasteiger partial charge is 0.241 e. The molecule has 21 heavy (non-hydrogen) atoms. The second kappa shape index (κ2) is 8.66. The summed E-state index contributed by atoms with van der Waals surface area (Å²) >= 11 is 0. The summed E-state index contributed by atoms with van der Waals surface area (Å²) in [6.45, 7) is 2.82. The highest BCUT2D eigenvalue weighted by Gasteiger charge is 2.35. The minimum absolute atomic E-state index is 0.0745. The number of aliphatic imine (C=N–C) groups is 1. The zero-order chi connectivity index (χ0) is 14.9. The highest BCUT2D eigenvalue weighted by atomic mass is 16.3. The van der Waals surface area contributed by atoms with E-state index in [-0.39, 0.29) is 5.90 Å². The van der Waals surface area contributed by atoms with Gasteiger partial charge in [0.05, 0.1) is 0 Å². The molecular weight excluding hydrogens is 258 g/mol. The molecule has 0 aromatic heterocycles. The molecule has 0 bridgehead atoms. The number of hydrogen-bond acceptors (Lipinski definition) is 1. The maximum atomic E-state index is 11.5. The number of unbranched alkanes of at least 4 members (excludes halogenated alkanes) is 2. The second-order valence-corrected chi connectivity index (χ2v) is 5.87. The lowest BCUT2D eigenvalue weighted by Gasteiger charge is -1.97. The summed E-state index contributed by atoms with van der Waals surface area (Å²) in [5, 5.41) is 11.5. The van der Waals surface area contributed by atoms with Crippen molar-refractivity contribution in [3.05, 3.63) is 48.0 Å². The molecule has 0 heterocycles. The summed E-state index contributed by atoms with van der Waals surface area (Å²) in [5.41, 5.74) is 1.46. The van der Waals surface area contributed by atoms with Gasteiger partial charge in [0.15, 0.2) is 0 Å². The van der Waals surface area contributed by atoms with E-state index in [1.54, 1.807) is 0 Å². The van der Waals surface area contributed by atoms with E-state index < -0.39 is 0 Å². The maximum absolute atomic E-state index is 11.5. The van der Waals surface area contributed by atoms with E-state index in [0.717, 1.165) is 25.7 Å². The normalized spacial score (nSPS) is 21.9. The van der Waals surface area contributed by atoms with Crippen LogP contribution >= 0.6 is 0 Å². The van der Waals surface area contributed by atoms with E-state index >= 15 is 0 Å². The molecule has 1 saturated carbocycles. The van der Waals surface area contributed by atoms with Crippen LogP contribution in [0.4, 0.5) is 0 Å². The molecule has 1 aromatic rings. The molecule has 1 aliphatic carbocycles. The quantitative estimate of drug-likeness (QED) is 0.260. The minimum atomic E-state index is 0.0745. The third-order valence-electron chi connectivity index (χ3n) is 4.01. The molecule has 1 aromatic carbocycles. The molecule has 2 rings (SSSR count). The first-order valence-corrected chi connectivity index (χ1v) is 8.23. The second-order valence-electron chi connectivity index (χ2n) is 5.87. The fourth-order valence-electron chi connectivity index (χ4n) is 2.59. The van der Waals surface area contributed by atoms with Crippen LogP contribution in [-0.2, 0) is 5.11 Å². The molecule has 113 valence electrons. The molecule has 1 aliphatic rings. The van der Waals surface area contributed by atoms with E-state index in [2.05, 4.69) is 54.4 Å². The van der Waals surface area contributed by atoms with Crippen molar-refractivity contribution in [2.45, 2.75) is 51.4 Å². The van der Waals surface area contributed by atoms with Gasteiger partial charge in [0, 0.05) is 13.0 Å². The Morgan fingerprint density at radius 2 is 2.10 bits per heavy atom. The zero-order valence-corrected chi connectivity index (χ0v) is 13.0. The fourth-order valence-corrected chi connectivity index (χ4v) is 2.59. The van der Waals surface area contributed by atoms with Crippen molar-refractivity contribution in [2.75, 3.05) is 6.54 Å². The van der Waals surface area contributed by atoms with Crippen molar-refractivity contribution in [3.63, 3.8) is 0 Å². The lowest BCUT2D eigenvalue weighted by molar-refractivity contribution is 0.406. The predicted molar refractivity (Wildman–Crippen MR) is 88.2 cm³/mol. The van der Waals surface area contributed by atoms with Gasteiger partial charge in [0.2, 0.25) is 5.90 Å². The summed E-state index contributed by atoms with van der Waals surface area (Å²) in [4.78, 5) is 4.05. The predicted octanol–water partition coefficient (Wildman–Crippen LogP) is 5.15. The van der Waals surface area contributed by atoms with Gasteiger partial charge in [0.25, 0.3) is 0 Å². The first kappa shape index (κ1) is 15.8. The van der Waals surface area contributed by atoms with Gasteiger partial charge >= 0.3 is 0 Å². The number of nitrogens with zero attached hydrogens (tertiary/aromatic N) is 1. The molecule has 0 spiro atoms. The summed E-state index contributed by atoms with van der Waals surface area (Å²) in [7, 11) is 0. The molecule has 1 radical (unpaired) electrons. The minimum Gasteiger partial charge on any atom is -0.273 e. The van der Waals surface area contributed by atoms with Crippen LogP contribution < -0.4 is 0 Å². The van der Waals surface area contributed by atoms with Crippen LogP contribution in [0.3, 0.4) is 0 Å². The first-order chi connectivity index (χ1) is 10.3. The Hall–Kier alpha value is -1.57. The topological polar surface area (TPSA) is 32.3 Å². The van der Waals surface area contributed by atoms with Gasteiger partial charge in [-0.3, -0.25) is 10.1 Å². The van der Waals surface area contributed by atoms with Crippen LogP contribution in [0.25, 0.3) is 0 Å². The van der Waals surface area contributed by atoms with Crippen LogP contribution in [0.15, 0.2) is 47.5 Å². The Labute approximate surface area is 128 Å². The van der Waals surface area contributed by atoms with Gasteiger partial charge < -0.3 is 0 Å². The Balaban J connectivity index is 1.59. The van der Waals surface area contributed by atoms with E-state index in [9.17, 15) is 5.11 Å². The molecule has 2 heteroatoms. The number of hydrogen-bond donors (Lipinski definition) is 0. The standard InChI is InChI=1S/C19H26NO/c1-2-3-14-20-19(21)13-9-5-8-12-17-15-18(17)16-10-6-4-7-11-16/h4,6-8,10-12,17-18H,2-3,5,9,13-15H2,1H3/b12-8+,20-19?/t17-,18+/m0/s1. The van der Waals surface area contributed by atoms with Gasteiger partial charge in [-0.2, -0.15) is 0 Å². The molecular formula is C19H26NO. The van der Waals surface area contributed by atoms with Gasteiger partial charge in [-0.1, -0.05) is 55.8 Å². The SMILES string of the molecule is CCCCN=C([O])CCC/C=C/[C@H]1C[C@@H]1c1ccccc1. The van der Waals surface area contributed by atoms with Crippen LogP contribution in [0.2, 0.25) is 0 Å². The number of allylic oxidation sites excluding steroid dienone is 2. The van der Waals surface area contributed by atoms with Crippen molar-refractivity contribution in [3.8, 4) is 0 Å². The van der Waals surface area contributed by atoms with Crippen molar-refractivity contribution >= 4 is 5.90 Å². The Morgan fingerprint density at radius 1 is 1.29 bits per heavy atom. The molecule has 2 nitrogen and oxygen atoms in total. The third-order valence-corrected chi connectivity index (χ3v) is 4.01. The molecule has 2 atom stereocenters. The maximum Gasteiger partial charge on any atom is 0.241 e. The Morgan fingerprint density at radius 3 is 2.86 bits per heavy atom. The monoisotopic (exact) mass is 284 g/mol. The number of rotatable bonds is 9. The van der Waals surface area contributed by atoms with E-state index in [0.29, 0.717) is 24.8 Å². The van der Waals surface area contributed by atoms with Crippen LogP contribution in [0.5, 0.6) is 0 Å². The zero-order valence-electron chi connectivity index (χ0n) is 13.0. The molecule has 1 fully saturated rings. The highest BCUT2D eigenvalue weighted by molar-refractivity contribution is 5.73. The lowest BCUT2D eigenvalue weighted by atomic mass is 10.1. The van der Waals surface area contributed by atoms with Crippen LogP contribution in [-0.4, -0.2) is 12.4 Å². The Kier molecular flexibility index (Phi) is 6.52. The summed E-state index contributed by atoms with van der Waals surface area (Å²) in [6.07, 6.45) is 10.5. The summed E-state index contributed by atoms with van der Waals surface area (Å²) in [5.74, 6) is 1.50. The van der Waals surface area contributed by atoms with E-state index in [1.165, 1.54) is 12.0 Å². The average molecular weight is 284 g/mol. The van der Waals surface area contributed by atoms with Crippen molar-refractivity contribution in [1.29, 1.82) is 0 Å². The number of benzene rings is 1. The lowest BCUT2D eigenvalue weighted by Crippen LogP contribution is -1.95. The van der Waals surface area contributed by atoms with E-state index in [4.69, 9.17) is 0 Å². The average Bonchev–Trinajstić information content (AvgIpc) is 3.28. The summed E-state index contributed by atoms with van der Waals surface area (Å²) < 4.78 is 0. The van der Waals surface area contributed by atoms with Gasteiger partial charge in [0.1, 0.15) is 0 Å². The highest BCUT2D eigenvalue weighted by Crippen LogP contribution is 2.48. The molecule has 0 amide bonds. The third kappa shape index (κ3) is 5.74. The van der Waals surface area contributed by atoms with Crippen molar-refractivity contribution in [2.24, 2.45) is 10.9 Å². The largest absolute Gasteiger partial charge is 0.273 e. The van der Waals surface area contributed by atoms with E-state index in [1.807, 2.05) is 0 Å².